The first-order valence-electron chi connectivity index (χ1n) is 8.47. The van der Waals surface area contributed by atoms with Gasteiger partial charge in [-0.1, -0.05) is 35.9 Å². The van der Waals surface area contributed by atoms with Crippen LogP contribution in [0.3, 0.4) is 0 Å². The second-order valence-electron chi connectivity index (χ2n) is 6.42. The van der Waals surface area contributed by atoms with E-state index >= 15 is 0 Å². The van der Waals surface area contributed by atoms with E-state index in [0.717, 1.165) is 11.1 Å². The number of aliphatic carboxylic acids is 1. The van der Waals surface area contributed by atoms with E-state index in [1.165, 1.54) is 4.31 Å². The molecule has 27 heavy (non-hydrogen) atoms. The van der Waals surface area contributed by atoms with Gasteiger partial charge in [0.05, 0.1) is 18.0 Å². The van der Waals surface area contributed by atoms with Gasteiger partial charge in [0.25, 0.3) is 0 Å². The van der Waals surface area contributed by atoms with Crippen LogP contribution >= 0.6 is 0 Å². The summed E-state index contributed by atoms with van der Waals surface area (Å²) >= 11 is 0. The molecule has 0 spiro atoms. The fourth-order valence-electron chi connectivity index (χ4n) is 3.10. The molecule has 0 amide bonds. The van der Waals surface area contributed by atoms with Gasteiger partial charge in [0.2, 0.25) is 10.0 Å². The van der Waals surface area contributed by atoms with Crippen LogP contribution in [-0.2, 0) is 14.8 Å². The number of carbonyl (C=O) groups is 1. The maximum atomic E-state index is 13.3. The number of nitrogens with zero attached hydrogens (tertiary/aromatic N) is 1. The van der Waals surface area contributed by atoms with Crippen LogP contribution in [0.2, 0.25) is 0 Å². The Bertz CT molecular complexity index is 962. The second-order valence-corrected chi connectivity index (χ2v) is 8.31. The maximum Gasteiger partial charge on any atom is 0.332 e. The third-order valence-electron chi connectivity index (χ3n) is 4.66. The number of aryl methyl sites for hydroxylation is 1. The van der Waals surface area contributed by atoms with Crippen LogP contribution in [0.15, 0.2) is 65.1 Å². The van der Waals surface area contributed by atoms with Gasteiger partial charge < -0.3 is 9.84 Å². The summed E-state index contributed by atoms with van der Waals surface area (Å²) in [7, 11) is -2.30. The largest absolute Gasteiger partial charge is 0.497 e. The Hall–Kier alpha value is -2.64. The normalized spacial score (nSPS) is 18.0. The van der Waals surface area contributed by atoms with E-state index in [2.05, 4.69) is 0 Å². The van der Waals surface area contributed by atoms with E-state index in [4.69, 9.17) is 4.74 Å². The second kappa shape index (κ2) is 7.54. The third kappa shape index (κ3) is 3.89. The van der Waals surface area contributed by atoms with Crippen LogP contribution in [-0.4, -0.2) is 37.5 Å². The summed E-state index contributed by atoms with van der Waals surface area (Å²) in [6, 6.07) is 13.2. The Kier molecular flexibility index (Phi) is 5.34. The van der Waals surface area contributed by atoms with Crippen LogP contribution in [0, 0.1) is 6.92 Å². The van der Waals surface area contributed by atoms with Crippen molar-refractivity contribution in [2.75, 3.05) is 13.7 Å². The molecular formula is C20H21NO5S. The zero-order valence-electron chi connectivity index (χ0n) is 15.1. The lowest BCUT2D eigenvalue weighted by Gasteiger charge is -2.34. The van der Waals surface area contributed by atoms with Gasteiger partial charge in [0, 0.05) is 12.1 Å². The molecule has 1 unspecified atom stereocenters. The topological polar surface area (TPSA) is 83.9 Å². The molecule has 0 aliphatic carbocycles. The minimum atomic E-state index is -3.86. The zero-order valence-corrected chi connectivity index (χ0v) is 15.9. The van der Waals surface area contributed by atoms with Crippen LogP contribution in [0.1, 0.15) is 23.6 Å². The first-order chi connectivity index (χ1) is 12.8. The van der Waals surface area contributed by atoms with Crippen molar-refractivity contribution in [3.63, 3.8) is 0 Å². The number of hydrogen-bond donors (Lipinski definition) is 1. The first kappa shape index (κ1) is 19.1. The Morgan fingerprint density at radius 2 is 1.74 bits per heavy atom. The lowest BCUT2D eigenvalue weighted by Crippen LogP contribution is -2.39. The van der Waals surface area contributed by atoms with Crippen molar-refractivity contribution in [2.45, 2.75) is 24.3 Å². The van der Waals surface area contributed by atoms with Crippen molar-refractivity contribution in [2.24, 2.45) is 0 Å². The summed E-state index contributed by atoms with van der Waals surface area (Å²) in [4.78, 5) is 11.6. The summed E-state index contributed by atoms with van der Waals surface area (Å²) < 4.78 is 32.9. The number of carboxylic acid groups (broad SMARTS) is 1. The highest BCUT2D eigenvalue weighted by atomic mass is 32.2. The highest BCUT2D eigenvalue weighted by Crippen LogP contribution is 2.35. The lowest BCUT2D eigenvalue weighted by atomic mass is 9.98. The van der Waals surface area contributed by atoms with Crippen molar-refractivity contribution in [3.05, 3.63) is 71.3 Å². The molecule has 142 valence electrons. The van der Waals surface area contributed by atoms with Gasteiger partial charge >= 0.3 is 5.97 Å². The molecule has 1 N–H and O–H groups in total. The molecule has 6 nitrogen and oxygen atoms in total. The molecule has 0 radical (unpaired) electrons. The summed E-state index contributed by atoms with van der Waals surface area (Å²) in [5.41, 5.74) is 1.81. The quantitative estimate of drug-likeness (QED) is 0.852. The molecule has 0 aromatic heterocycles. The predicted molar refractivity (Wildman–Crippen MR) is 101 cm³/mol. The molecule has 1 heterocycles. The monoisotopic (exact) mass is 387 g/mol. The summed E-state index contributed by atoms with van der Waals surface area (Å²) in [5.74, 6) is -0.434. The van der Waals surface area contributed by atoms with E-state index in [-0.39, 0.29) is 17.0 Å². The average Bonchev–Trinajstić information content (AvgIpc) is 2.68. The Morgan fingerprint density at radius 1 is 1.11 bits per heavy atom. The minimum absolute atomic E-state index is 0.0791. The molecule has 0 bridgehead atoms. The molecular weight excluding hydrogens is 366 g/mol. The molecule has 2 aromatic carbocycles. The van der Waals surface area contributed by atoms with E-state index in [0.29, 0.717) is 12.2 Å². The number of rotatable bonds is 5. The Labute approximate surface area is 158 Å². The number of methoxy groups -OCH3 is 1. The molecule has 7 heteroatoms. The van der Waals surface area contributed by atoms with E-state index in [9.17, 15) is 18.3 Å². The fourth-order valence-corrected chi connectivity index (χ4v) is 4.70. The van der Waals surface area contributed by atoms with E-state index in [1.54, 1.807) is 61.7 Å². The predicted octanol–water partition coefficient (Wildman–Crippen LogP) is 3.15. The van der Waals surface area contributed by atoms with Gasteiger partial charge in [-0.15, -0.1) is 0 Å². The molecule has 0 fully saturated rings. The number of carboxylic acids is 1. The van der Waals surface area contributed by atoms with Gasteiger partial charge in [0.15, 0.2) is 0 Å². The molecule has 1 atom stereocenters. The SMILES string of the molecule is COc1ccc(C2CC=C(C(=O)O)CN2S(=O)(=O)c2ccc(C)cc2)cc1. The van der Waals surface area contributed by atoms with Crippen LogP contribution in [0.25, 0.3) is 0 Å². The van der Waals surface area contributed by atoms with Gasteiger partial charge in [-0.3, -0.25) is 0 Å². The number of sulfonamides is 1. The standard InChI is InChI=1S/C20H21NO5S/c1-14-3-10-18(11-4-14)27(24,25)21-13-16(20(22)23)7-12-19(21)15-5-8-17(26-2)9-6-15/h3-11,19H,12-13H2,1-2H3,(H,22,23). The highest BCUT2D eigenvalue weighted by molar-refractivity contribution is 7.89. The molecule has 1 aliphatic rings. The maximum absolute atomic E-state index is 13.3. The molecule has 0 saturated carbocycles. The highest BCUT2D eigenvalue weighted by Gasteiger charge is 2.36. The molecule has 1 aliphatic heterocycles. The van der Waals surface area contributed by atoms with Gasteiger partial charge in [-0.25, -0.2) is 13.2 Å². The van der Waals surface area contributed by atoms with E-state index in [1.807, 2.05) is 6.92 Å². The van der Waals surface area contributed by atoms with Crippen molar-refractivity contribution >= 4 is 16.0 Å². The van der Waals surface area contributed by atoms with Crippen molar-refractivity contribution in [1.82, 2.24) is 4.31 Å². The van der Waals surface area contributed by atoms with Gasteiger partial charge in [0.1, 0.15) is 5.75 Å². The first-order valence-corrected chi connectivity index (χ1v) is 9.91. The molecule has 0 saturated heterocycles. The van der Waals surface area contributed by atoms with E-state index < -0.39 is 22.0 Å². The molecule has 2 aromatic rings. The number of hydrogen-bond acceptors (Lipinski definition) is 4. The smallest absolute Gasteiger partial charge is 0.332 e. The lowest BCUT2D eigenvalue weighted by molar-refractivity contribution is -0.133. The van der Waals surface area contributed by atoms with Gasteiger partial charge in [-0.2, -0.15) is 4.31 Å². The number of benzene rings is 2. The third-order valence-corrected chi connectivity index (χ3v) is 6.53. The number of ether oxygens (including phenoxy) is 1. The zero-order chi connectivity index (χ0) is 19.6. The Morgan fingerprint density at radius 3 is 2.30 bits per heavy atom. The van der Waals surface area contributed by atoms with Crippen LogP contribution in [0.5, 0.6) is 5.75 Å². The summed E-state index contributed by atoms with van der Waals surface area (Å²) in [5, 5.41) is 9.35. The van der Waals surface area contributed by atoms with Gasteiger partial charge in [-0.05, 0) is 43.2 Å². The van der Waals surface area contributed by atoms with Crippen LogP contribution < -0.4 is 4.74 Å². The van der Waals surface area contributed by atoms with Crippen molar-refractivity contribution < 1.29 is 23.1 Å². The fraction of sp³-hybridized carbons (Fsp3) is 0.250. The summed E-state index contributed by atoms with van der Waals surface area (Å²) in [6.45, 7) is 1.70. The molecule has 3 rings (SSSR count). The van der Waals surface area contributed by atoms with Crippen LogP contribution in [0.4, 0.5) is 0 Å². The Balaban J connectivity index is 2.04. The van der Waals surface area contributed by atoms with Crippen molar-refractivity contribution in [3.8, 4) is 5.75 Å². The van der Waals surface area contributed by atoms with Crippen molar-refractivity contribution in [1.29, 1.82) is 0 Å². The summed E-state index contributed by atoms with van der Waals surface area (Å²) in [6.07, 6.45) is 1.89. The minimum Gasteiger partial charge on any atom is -0.497 e. The average molecular weight is 387 g/mol.